The third-order valence-corrected chi connectivity index (χ3v) is 1.93. The molecule has 0 saturated carbocycles. The molecule has 0 amide bonds. The third kappa shape index (κ3) is 1.45. The van der Waals surface area contributed by atoms with Crippen LogP contribution >= 0.6 is 0 Å². The summed E-state index contributed by atoms with van der Waals surface area (Å²) in [6, 6.07) is 2.07. The Morgan fingerprint density at radius 2 is 2.33 bits per heavy atom. The minimum Gasteiger partial charge on any atom is -0.618 e. The maximum Gasteiger partial charge on any atom is 0.338 e. The summed E-state index contributed by atoms with van der Waals surface area (Å²) in [5.74, 6) is -1.89. The van der Waals surface area contributed by atoms with Crippen molar-refractivity contribution in [2.75, 3.05) is 0 Å². The van der Waals surface area contributed by atoms with Gasteiger partial charge in [-0.15, -0.1) is 0 Å². The highest BCUT2D eigenvalue weighted by molar-refractivity contribution is 5.99. The van der Waals surface area contributed by atoms with Gasteiger partial charge in [0.1, 0.15) is 5.82 Å². The molecule has 0 aliphatic rings. The highest BCUT2D eigenvalue weighted by Gasteiger charge is 2.15. The van der Waals surface area contributed by atoms with E-state index in [-0.39, 0.29) is 16.6 Å². The third-order valence-electron chi connectivity index (χ3n) is 1.93. The van der Waals surface area contributed by atoms with Gasteiger partial charge in [0.25, 0.3) is 0 Å². The van der Waals surface area contributed by atoms with Gasteiger partial charge in [0, 0.05) is 6.07 Å². The first-order valence-corrected chi connectivity index (χ1v) is 4.00. The molecule has 6 heteroatoms. The maximum absolute atomic E-state index is 12.8. The fourth-order valence-electron chi connectivity index (χ4n) is 1.28. The molecule has 76 valence electrons. The molecule has 2 rings (SSSR count). The van der Waals surface area contributed by atoms with Crippen LogP contribution in [-0.2, 0) is 0 Å². The zero-order valence-corrected chi connectivity index (χ0v) is 7.35. The maximum atomic E-state index is 12.8. The van der Waals surface area contributed by atoms with Gasteiger partial charge in [-0.05, 0) is 0 Å². The number of carboxylic acids is 1. The topological polar surface area (TPSA) is 77.1 Å². The van der Waals surface area contributed by atoms with Gasteiger partial charge < -0.3 is 10.3 Å². The lowest BCUT2D eigenvalue weighted by molar-refractivity contribution is -0.577. The lowest BCUT2D eigenvalue weighted by atomic mass is 10.2. The van der Waals surface area contributed by atoms with Gasteiger partial charge in [0.05, 0.1) is 17.8 Å². The summed E-state index contributed by atoms with van der Waals surface area (Å²) < 4.78 is 13.2. The van der Waals surface area contributed by atoms with E-state index in [1.807, 2.05) is 0 Å². The number of carbonyl (C=O) groups is 1. The van der Waals surface area contributed by atoms with Crippen LogP contribution in [0.2, 0.25) is 0 Å². The first-order valence-electron chi connectivity index (χ1n) is 4.00. The molecule has 0 saturated heterocycles. The van der Waals surface area contributed by atoms with Crippen LogP contribution in [0.3, 0.4) is 0 Å². The molecule has 0 bridgehead atoms. The molecule has 0 aliphatic carbocycles. The molecule has 2 heterocycles. The summed E-state index contributed by atoms with van der Waals surface area (Å²) in [6.45, 7) is 0. The highest BCUT2D eigenvalue weighted by Crippen LogP contribution is 2.13. The molecular formula is C9H5FN2O3. The van der Waals surface area contributed by atoms with E-state index in [2.05, 4.69) is 4.98 Å². The van der Waals surface area contributed by atoms with E-state index in [1.54, 1.807) is 0 Å². The van der Waals surface area contributed by atoms with Crippen LogP contribution in [0.4, 0.5) is 4.39 Å². The predicted octanol–water partition coefficient (Wildman–Crippen LogP) is 0.706. The molecule has 0 aromatic carbocycles. The van der Waals surface area contributed by atoms with Gasteiger partial charge in [-0.2, -0.15) is 4.73 Å². The normalized spacial score (nSPS) is 10.5. The molecule has 0 aliphatic heterocycles. The SMILES string of the molecule is O=C(O)c1cc[n+]([O-])c2cc(F)cnc12. The monoisotopic (exact) mass is 208 g/mol. The van der Waals surface area contributed by atoms with Crippen molar-refractivity contribution < 1.29 is 19.0 Å². The van der Waals surface area contributed by atoms with Gasteiger partial charge in [0.2, 0.25) is 5.52 Å². The number of aromatic carboxylic acids is 1. The van der Waals surface area contributed by atoms with Gasteiger partial charge >= 0.3 is 5.97 Å². The smallest absolute Gasteiger partial charge is 0.338 e. The Balaban J connectivity index is 2.88. The van der Waals surface area contributed by atoms with Crippen molar-refractivity contribution in [1.82, 2.24) is 4.98 Å². The molecule has 15 heavy (non-hydrogen) atoms. The van der Waals surface area contributed by atoms with Crippen molar-refractivity contribution in [3.63, 3.8) is 0 Å². The molecule has 0 spiro atoms. The second-order valence-electron chi connectivity index (χ2n) is 2.88. The van der Waals surface area contributed by atoms with Crippen LogP contribution in [0.25, 0.3) is 11.0 Å². The van der Waals surface area contributed by atoms with Crippen LogP contribution in [0.15, 0.2) is 24.5 Å². The average molecular weight is 208 g/mol. The lowest BCUT2D eigenvalue weighted by Crippen LogP contribution is -2.27. The van der Waals surface area contributed by atoms with Crippen LogP contribution in [0.1, 0.15) is 10.4 Å². The first kappa shape index (κ1) is 9.32. The molecule has 2 aromatic rings. The van der Waals surface area contributed by atoms with E-state index in [0.717, 1.165) is 24.5 Å². The minimum absolute atomic E-state index is 0.0265. The summed E-state index contributed by atoms with van der Waals surface area (Å²) >= 11 is 0. The highest BCUT2D eigenvalue weighted by atomic mass is 19.1. The zero-order chi connectivity index (χ0) is 11.0. The Morgan fingerprint density at radius 3 is 3.00 bits per heavy atom. The van der Waals surface area contributed by atoms with Crippen molar-refractivity contribution in [3.8, 4) is 0 Å². The Morgan fingerprint density at radius 1 is 1.60 bits per heavy atom. The van der Waals surface area contributed by atoms with Crippen LogP contribution in [0.5, 0.6) is 0 Å². The van der Waals surface area contributed by atoms with Crippen molar-refractivity contribution in [2.45, 2.75) is 0 Å². The van der Waals surface area contributed by atoms with Crippen LogP contribution in [-0.4, -0.2) is 16.1 Å². The summed E-state index contributed by atoms with van der Waals surface area (Å²) in [6.07, 6.45) is 1.88. The number of halogens is 1. The summed E-state index contributed by atoms with van der Waals surface area (Å²) in [5, 5.41) is 20.0. The van der Waals surface area contributed by atoms with Crippen LogP contribution < -0.4 is 4.73 Å². The van der Waals surface area contributed by atoms with E-state index in [1.165, 1.54) is 0 Å². The molecule has 0 atom stereocenters. The minimum atomic E-state index is -1.21. The van der Waals surface area contributed by atoms with Gasteiger partial charge in [-0.3, -0.25) is 0 Å². The first-order chi connectivity index (χ1) is 7.09. The van der Waals surface area contributed by atoms with Crippen molar-refractivity contribution in [2.24, 2.45) is 0 Å². The van der Waals surface area contributed by atoms with Crippen LogP contribution in [0, 0.1) is 11.0 Å². The second kappa shape index (κ2) is 3.16. The number of nitrogens with zero attached hydrogens (tertiary/aromatic N) is 2. The van der Waals surface area contributed by atoms with Gasteiger partial charge in [0.15, 0.2) is 11.7 Å². The molecule has 2 aromatic heterocycles. The summed E-state index contributed by atoms with van der Waals surface area (Å²) in [4.78, 5) is 14.4. The number of carboxylic acid groups (broad SMARTS) is 1. The number of hydrogen-bond donors (Lipinski definition) is 1. The van der Waals surface area contributed by atoms with E-state index in [4.69, 9.17) is 5.11 Å². The number of aromatic nitrogens is 2. The largest absolute Gasteiger partial charge is 0.618 e. The quantitative estimate of drug-likeness (QED) is 0.553. The number of pyridine rings is 2. The van der Waals surface area contributed by atoms with Crippen molar-refractivity contribution in [1.29, 1.82) is 0 Å². The van der Waals surface area contributed by atoms with Crippen molar-refractivity contribution >= 4 is 17.0 Å². The average Bonchev–Trinajstić information content (AvgIpc) is 2.19. The van der Waals surface area contributed by atoms with E-state index in [0.29, 0.717) is 4.73 Å². The molecule has 0 unspecified atom stereocenters. The van der Waals surface area contributed by atoms with Crippen molar-refractivity contribution in [3.05, 3.63) is 41.1 Å². The fraction of sp³-hybridized carbons (Fsp3) is 0. The Kier molecular flexibility index (Phi) is 1.96. The van der Waals surface area contributed by atoms with E-state index >= 15 is 0 Å². The molecular weight excluding hydrogens is 203 g/mol. The second-order valence-corrected chi connectivity index (χ2v) is 2.88. The number of rotatable bonds is 1. The predicted molar refractivity (Wildman–Crippen MR) is 47.6 cm³/mol. The Labute approximate surface area is 83.0 Å². The van der Waals surface area contributed by atoms with Gasteiger partial charge in [-0.1, -0.05) is 0 Å². The molecule has 0 fully saturated rings. The summed E-state index contributed by atoms with van der Waals surface area (Å²) in [7, 11) is 0. The number of hydrogen-bond acceptors (Lipinski definition) is 3. The standard InChI is InChI=1S/C9H5FN2O3/c10-5-3-7-8(11-4-5)6(9(13)14)1-2-12(7)15/h1-4H,(H,13,14). The summed E-state index contributed by atoms with van der Waals surface area (Å²) in [5.41, 5.74) is -0.256. The Hall–Kier alpha value is -2.24. The molecule has 0 radical (unpaired) electrons. The fourth-order valence-corrected chi connectivity index (χ4v) is 1.28. The van der Waals surface area contributed by atoms with E-state index in [9.17, 15) is 14.4 Å². The molecule has 1 N–H and O–H groups in total. The number of fused-ring (bicyclic) bond motifs is 1. The lowest BCUT2D eigenvalue weighted by Gasteiger charge is -2.02. The molecule has 5 nitrogen and oxygen atoms in total. The zero-order valence-electron chi connectivity index (χ0n) is 7.35. The van der Waals surface area contributed by atoms with Gasteiger partial charge in [-0.25, -0.2) is 14.2 Å². The van der Waals surface area contributed by atoms with E-state index < -0.39 is 11.8 Å². The Bertz CT molecular complexity index is 556.